The number of allylic oxidation sites excluding steroid dienone is 1. The third-order valence-electron chi connectivity index (χ3n) is 1.36. The fourth-order valence-electron chi connectivity index (χ4n) is 0.769. The summed E-state index contributed by atoms with van der Waals surface area (Å²) in [6.07, 6.45) is 2.76. The van der Waals surface area contributed by atoms with E-state index in [9.17, 15) is 4.79 Å². The lowest BCUT2D eigenvalue weighted by molar-refractivity contribution is -0.149. The molecule has 0 heterocycles. The number of rotatable bonds is 4. The Kier molecular flexibility index (Phi) is 5.23. The number of nitrogens with two attached hydrogens (primary N) is 1. The first-order chi connectivity index (χ1) is 6.37. The van der Waals surface area contributed by atoms with Gasteiger partial charge in [-0.25, -0.2) is 4.79 Å². The molecule has 14 heavy (non-hydrogen) atoms. The van der Waals surface area contributed by atoms with Crippen LogP contribution >= 0.6 is 0 Å². The second-order valence-corrected chi connectivity index (χ2v) is 4.03. The van der Waals surface area contributed by atoms with Gasteiger partial charge >= 0.3 is 5.97 Å². The van der Waals surface area contributed by atoms with Gasteiger partial charge in [0.1, 0.15) is 11.3 Å². The monoisotopic (exact) mass is 201 g/mol. The van der Waals surface area contributed by atoms with Crippen LogP contribution in [-0.4, -0.2) is 23.3 Å². The van der Waals surface area contributed by atoms with Gasteiger partial charge in [0.25, 0.3) is 0 Å². The standard InChI is InChI=1S/C10H19NO3/c1-10(2,3)14-9(13)8(11)6-4-5-7-12/h6,12H,4-5,7,11H2,1-3H3/b8-6-. The van der Waals surface area contributed by atoms with Crippen molar-refractivity contribution in [1.29, 1.82) is 0 Å². The molecule has 0 saturated heterocycles. The van der Waals surface area contributed by atoms with Gasteiger partial charge in [-0.2, -0.15) is 0 Å². The van der Waals surface area contributed by atoms with Gasteiger partial charge in [0.15, 0.2) is 0 Å². The van der Waals surface area contributed by atoms with Gasteiger partial charge in [-0.3, -0.25) is 0 Å². The predicted molar refractivity (Wildman–Crippen MR) is 54.4 cm³/mol. The van der Waals surface area contributed by atoms with Gasteiger partial charge < -0.3 is 15.6 Å². The number of aliphatic hydroxyl groups excluding tert-OH is 1. The lowest BCUT2D eigenvalue weighted by atomic mass is 10.2. The van der Waals surface area contributed by atoms with Crippen LogP contribution in [0, 0.1) is 0 Å². The van der Waals surface area contributed by atoms with Gasteiger partial charge in [-0.1, -0.05) is 6.08 Å². The number of carbonyl (C=O) groups excluding carboxylic acids is 1. The zero-order chi connectivity index (χ0) is 11.2. The normalized spacial score (nSPS) is 12.7. The number of hydrogen-bond acceptors (Lipinski definition) is 4. The van der Waals surface area contributed by atoms with Crippen molar-refractivity contribution in [2.24, 2.45) is 5.73 Å². The Morgan fingerprint density at radius 1 is 1.50 bits per heavy atom. The number of esters is 1. The summed E-state index contributed by atoms with van der Waals surface area (Å²) in [6.45, 7) is 5.45. The fraction of sp³-hybridized carbons (Fsp3) is 0.700. The van der Waals surface area contributed by atoms with Crippen LogP contribution in [0.25, 0.3) is 0 Å². The molecule has 0 bridgehead atoms. The van der Waals surface area contributed by atoms with Crippen molar-refractivity contribution in [2.45, 2.75) is 39.2 Å². The molecule has 0 aromatic carbocycles. The van der Waals surface area contributed by atoms with Crippen molar-refractivity contribution in [3.63, 3.8) is 0 Å². The van der Waals surface area contributed by atoms with E-state index in [1.807, 2.05) is 0 Å². The summed E-state index contributed by atoms with van der Waals surface area (Å²) in [4.78, 5) is 11.3. The Morgan fingerprint density at radius 2 is 2.07 bits per heavy atom. The van der Waals surface area contributed by atoms with Gasteiger partial charge in [-0.15, -0.1) is 0 Å². The van der Waals surface area contributed by atoms with Crippen LogP contribution in [0.3, 0.4) is 0 Å². The smallest absolute Gasteiger partial charge is 0.354 e. The summed E-state index contributed by atoms with van der Waals surface area (Å²) < 4.78 is 5.04. The second kappa shape index (κ2) is 5.65. The summed E-state index contributed by atoms with van der Waals surface area (Å²) in [5, 5.41) is 8.52. The third kappa shape index (κ3) is 6.48. The van der Waals surface area contributed by atoms with Crippen molar-refractivity contribution >= 4 is 5.97 Å². The number of ether oxygens (including phenoxy) is 1. The van der Waals surface area contributed by atoms with Crippen LogP contribution in [0.1, 0.15) is 33.6 Å². The molecule has 0 atom stereocenters. The summed E-state index contributed by atoms with van der Waals surface area (Å²) in [5.41, 5.74) is 5.05. The van der Waals surface area contributed by atoms with Crippen LogP contribution in [0.4, 0.5) is 0 Å². The van der Waals surface area contributed by atoms with Gasteiger partial charge in [0, 0.05) is 6.61 Å². The van der Waals surface area contributed by atoms with E-state index in [4.69, 9.17) is 15.6 Å². The molecular weight excluding hydrogens is 182 g/mol. The lowest BCUT2D eigenvalue weighted by Gasteiger charge is -2.19. The molecular formula is C10H19NO3. The summed E-state index contributed by atoms with van der Waals surface area (Å²) in [6, 6.07) is 0. The maximum absolute atomic E-state index is 11.3. The minimum Gasteiger partial charge on any atom is -0.455 e. The third-order valence-corrected chi connectivity index (χ3v) is 1.36. The number of aliphatic hydroxyl groups is 1. The first-order valence-corrected chi connectivity index (χ1v) is 4.66. The quantitative estimate of drug-likeness (QED) is 0.403. The molecule has 3 N–H and O–H groups in total. The van der Waals surface area contributed by atoms with Crippen LogP contribution < -0.4 is 5.73 Å². The average molecular weight is 201 g/mol. The van der Waals surface area contributed by atoms with Crippen molar-refractivity contribution in [3.8, 4) is 0 Å². The number of hydrogen-bond donors (Lipinski definition) is 2. The summed E-state index contributed by atoms with van der Waals surface area (Å²) >= 11 is 0. The highest BCUT2D eigenvalue weighted by Crippen LogP contribution is 2.09. The molecule has 0 unspecified atom stereocenters. The van der Waals surface area contributed by atoms with Crippen LogP contribution in [0.2, 0.25) is 0 Å². The average Bonchev–Trinajstić information content (AvgIpc) is 2.01. The summed E-state index contributed by atoms with van der Waals surface area (Å²) in [7, 11) is 0. The van der Waals surface area contributed by atoms with E-state index in [0.717, 1.165) is 0 Å². The Labute approximate surface area is 84.7 Å². The molecule has 0 amide bonds. The molecule has 0 saturated carbocycles. The van der Waals surface area contributed by atoms with Crippen molar-refractivity contribution in [3.05, 3.63) is 11.8 Å². The largest absolute Gasteiger partial charge is 0.455 e. The Hall–Kier alpha value is -1.03. The fourth-order valence-corrected chi connectivity index (χ4v) is 0.769. The van der Waals surface area contributed by atoms with E-state index in [0.29, 0.717) is 12.8 Å². The second-order valence-electron chi connectivity index (χ2n) is 4.03. The maximum atomic E-state index is 11.3. The minimum atomic E-state index is -0.521. The van der Waals surface area contributed by atoms with Crippen LogP contribution in [0.15, 0.2) is 11.8 Å². The molecule has 4 nitrogen and oxygen atoms in total. The molecule has 82 valence electrons. The first-order valence-electron chi connectivity index (χ1n) is 4.66. The van der Waals surface area contributed by atoms with E-state index in [1.165, 1.54) is 0 Å². The Morgan fingerprint density at radius 3 is 2.50 bits per heavy atom. The summed E-state index contributed by atoms with van der Waals surface area (Å²) in [5.74, 6) is -0.504. The molecule has 0 aliphatic carbocycles. The molecule has 0 spiro atoms. The van der Waals surface area contributed by atoms with Gasteiger partial charge in [0.2, 0.25) is 0 Å². The van der Waals surface area contributed by atoms with Gasteiger partial charge in [0.05, 0.1) is 0 Å². The SMILES string of the molecule is CC(C)(C)OC(=O)/C(N)=C/CCCO. The van der Waals surface area contributed by atoms with E-state index in [1.54, 1.807) is 26.8 Å². The molecule has 0 aromatic rings. The first kappa shape index (κ1) is 13.0. The topological polar surface area (TPSA) is 72.5 Å². The van der Waals surface area contributed by atoms with E-state index < -0.39 is 11.6 Å². The molecule has 4 heteroatoms. The van der Waals surface area contributed by atoms with Crippen LogP contribution in [-0.2, 0) is 9.53 Å². The highest BCUT2D eigenvalue weighted by molar-refractivity contribution is 5.87. The van der Waals surface area contributed by atoms with E-state index in [-0.39, 0.29) is 12.3 Å². The number of unbranched alkanes of at least 4 members (excludes halogenated alkanes) is 1. The Bertz CT molecular complexity index is 216. The van der Waals surface area contributed by atoms with Crippen molar-refractivity contribution < 1.29 is 14.6 Å². The van der Waals surface area contributed by atoms with E-state index in [2.05, 4.69) is 0 Å². The molecule has 0 radical (unpaired) electrons. The molecule has 0 rings (SSSR count). The van der Waals surface area contributed by atoms with Crippen molar-refractivity contribution in [2.75, 3.05) is 6.61 Å². The lowest BCUT2D eigenvalue weighted by Crippen LogP contribution is -2.27. The minimum absolute atomic E-state index is 0.0953. The molecule has 0 fully saturated rings. The zero-order valence-electron chi connectivity index (χ0n) is 9.04. The highest BCUT2D eigenvalue weighted by atomic mass is 16.6. The number of carbonyl (C=O) groups is 1. The molecule has 0 aromatic heterocycles. The highest BCUT2D eigenvalue weighted by Gasteiger charge is 2.17. The Balaban J connectivity index is 4.05. The maximum Gasteiger partial charge on any atom is 0.354 e. The van der Waals surface area contributed by atoms with Crippen LogP contribution in [0.5, 0.6) is 0 Å². The molecule has 0 aliphatic heterocycles. The predicted octanol–water partition coefficient (Wildman–Crippen LogP) is 0.943. The van der Waals surface area contributed by atoms with E-state index >= 15 is 0 Å². The van der Waals surface area contributed by atoms with Crippen molar-refractivity contribution in [1.82, 2.24) is 0 Å². The van der Waals surface area contributed by atoms with Gasteiger partial charge in [-0.05, 0) is 33.6 Å². The zero-order valence-corrected chi connectivity index (χ0v) is 9.04. The molecule has 0 aliphatic rings.